The molecular weight excluding hydrogens is 176 g/mol. The molecule has 14 heavy (non-hydrogen) atoms. The molecule has 1 aliphatic rings. The lowest BCUT2D eigenvalue weighted by molar-refractivity contribution is 0.498. The first-order valence-corrected chi connectivity index (χ1v) is 5.17. The van der Waals surface area contributed by atoms with E-state index in [2.05, 4.69) is 5.32 Å². The molecule has 3 nitrogen and oxygen atoms in total. The van der Waals surface area contributed by atoms with Crippen LogP contribution in [0.1, 0.15) is 18.4 Å². The maximum atomic E-state index is 11.7. The number of hydrogen-bond acceptors (Lipinski definition) is 2. The van der Waals surface area contributed by atoms with E-state index in [0.717, 1.165) is 18.7 Å². The summed E-state index contributed by atoms with van der Waals surface area (Å²) in [5.74, 6) is 0. The lowest BCUT2D eigenvalue weighted by Gasteiger charge is -2.12. The van der Waals surface area contributed by atoms with Crippen LogP contribution in [0.4, 0.5) is 0 Å². The average molecular weight is 192 g/mol. The summed E-state index contributed by atoms with van der Waals surface area (Å²) in [6, 6.07) is 4.28. The highest BCUT2D eigenvalue weighted by Crippen LogP contribution is 2.06. The van der Waals surface area contributed by atoms with E-state index in [1.807, 2.05) is 25.3 Å². The summed E-state index contributed by atoms with van der Waals surface area (Å²) < 4.78 is 1.80. The van der Waals surface area contributed by atoms with Crippen molar-refractivity contribution in [2.24, 2.45) is 0 Å². The molecule has 3 heteroatoms. The molecule has 0 saturated carbocycles. The third-order valence-electron chi connectivity index (χ3n) is 2.79. The van der Waals surface area contributed by atoms with Gasteiger partial charge in [0.05, 0.1) is 0 Å². The van der Waals surface area contributed by atoms with E-state index in [0.29, 0.717) is 6.04 Å². The van der Waals surface area contributed by atoms with Crippen LogP contribution in [0.3, 0.4) is 0 Å². The molecule has 0 radical (unpaired) electrons. The lowest BCUT2D eigenvalue weighted by Crippen LogP contribution is -2.32. The number of rotatable bonds is 2. The van der Waals surface area contributed by atoms with Crippen molar-refractivity contribution in [1.82, 2.24) is 9.88 Å². The first kappa shape index (κ1) is 9.46. The minimum atomic E-state index is 0.140. The van der Waals surface area contributed by atoms with E-state index in [4.69, 9.17) is 0 Å². The second kappa shape index (κ2) is 3.96. The quantitative estimate of drug-likeness (QED) is 0.755. The van der Waals surface area contributed by atoms with Crippen molar-refractivity contribution >= 4 is 0 Å². The summed E-state index contributed by atoms with van der Waals surface area (Å²) >= 11 is 0. The van der Waals surface area contributed by atoms with Gasteiger partial charge in [0, 0.05) is 24.3 Å². The zero-order valence-electron chi connectivity index (χ0n) is 8.49. The highest BCUT2D eigenvalue weighted by molar-refractivity contribution is 5.07. The van der Waals surface area contributed by atoms with Crippen LogP contribution in [-0.2, 0) is 6.54 Å². The smallest absolute Gasteiger partial charge is 0.253 e. The van der Waals surface area contributed by atoms with Crippen molar-refractivity contribution < 1.29 is 0 Å². The Bertz CT molecular complexity index is 364. The van der Waals surface area contributed by atoms with E-state index >= 15 is 0 Å². The molecule has 1 saturated heterocycles. The number of aromatic nitrogens is 1. The van der Waals surface area contributed by atoms with Gasteiger partial charge in [-0.2, -0.15) is 0 Å². The van der Waals surface area contributed by atoms with Gasteiger partial charge in [-0.3, -0.25) is 4.79 Å². The van der Waals surface area contributed by atoms with Gasteiger partial charge in [-0.25, -0.2) is 0 Å². The Kier molecular flexibility index (Phi) is 2.68. The Morgan fingerprint density at radius 1 is 1.64 bits per heavy atom. The molecule has 0 bridgehead atoms. The van der Waals surface area contributed by atoms with Gasteiger partial charge in [0.25, 0.3) is 5.56 Å². The number of hydrogen-bond donors (Lipinski definition) is 1. The Balaban J connectivity index is 2.16. The predicted molar refractivity (Wildman–Crippen MR) is 56.5 cm³/mol. The fourth-order valence-electron chi connectivity index (χ4n) is 1.95. The topological polar surface area (TPSA) is 34.0 Å². The average Bonchev–Trinajstić information content (AvgIpc) is 2.66. The monoisotopic (exact) mass is 192 g/mol. The Labute approximate surface area is 83.8 Å². The third-order valence-corrected chi connectivity index (χ3v) is 2.79. The molecule has 2 heterocycles. The third kappa shape index (κ3) is 1.87. The number of nitrogens with one attached hydrogen (secondary N) is 1. The molecule has 1 aromatic rings. The second-order valence-electron chi connectivity index (χ2n) is 3.94. The molecule has 0 aliphatic carbocycles. The molecule has 1 unspecified atom stereocenters. The van der Waals surface area contributed by atoms with Crippen LogP contribution in [0.15, 0.2) is 23.1 Å². The van der Waals surface area contributed by atoms with Gasteiger partial charge in [0.15, 0.2) is 0 Å². The van der Waals surface area contributed by atoms with Crippen LogP contribution in [0, 0.1) is 6.92 Å². The van der Waals surface area contributed by atoms with Gasteiger partial charge in [0.2, 0.25) is 0 Å². The highest BCUT2D eigenvalue weighted by atomic mass is 16.1. The van der Waals surface area contributed by atoms with Crippen LogP contribution in [0.25, 0.3) is 0 Å². The SMILES string of the molecule is Cc1cccn(CC2CCCN2)c1=O. The molecule has 2 rings (SSSR count). The number of nitrogens with zero attached hydrogens (tertiary/aromatic N) is 1. The second-order valence-corrected chi connectivity index (χ2v) is 3.94. The summed E-state index contributed by atoms with van der Waals surface area (Å²) in [6.07, 6.45) is 4.28. The fourth-order valence-corrected chi connectivity index (χ4v) is 1.95. The largest absolute Gasteiger partial charge is 0.314 e. The highest BCUT2D eigenvalue weighted by Gasteiger charge is 2.14. The molecule has 1 fully saturated rings. The molecule has 76 valence electrons. The molecule has 1 atom stereocenters. The summed E-state index contributed by atoms with van der Waals surface area (Å²) in [7, 11) is 0. The fraction of sp³-hybridized carbons (Fsp3) is 0.545. The van der Waals surface area contributed by atoms with Gasteiger partial charge in [-0.05, 0) is 32.4 Å². The van der Waals surface area contributed by atoms with E-state index in [-0.39, 0.29) is 5.56 Å². The Morgan fingerprint density at radius 3 is 3.21 bits per heavy atom. The van der Waals surface area contributed by atoms with Crippen molar-refractivity contribution in [2.75, 3.05) is 6.54 Å². The summed E-state index contributed by atoms with van der Waals surface area (Å²) in [5.41, 5.74) is 0.965. The van der Waals surface area contributed by atoms with Crippen molar-refractivity contribution in [3.63, 3.8) is 0 Å². The molecular formula is C11H16N2O. The maximum absolute atomic E-state index is 11.7. The standard InChI is InChI=1S/C11H16N2O/c1-9-4-3-7-13(11(9)14)8-10-5-2-6-12-10/h3-4,7,10,12H,2,5-6,8H2,1H3. The minimum Gasteiger partial charge on any atom is -0.314 e. The minimum absolute atomic E-state index is 0.140. The van der Waals surface area contributed by atoms with E-state index in [9.17, 15) is 4.79 Å². The van der Waals surface area contributed by atoms with Crippen molar-refractivity contribution in [3.8, 4) is 0 Å². The van der Waals surface area contributed by atoms with Crippen molar-refractivity contribution in [1.29, 1.82) is 0 Å². The van der Waals surface area contributed by atoms with Crippen LogP contribution in [-0.4, -0.2) is 17.2 Å². The van der Waals surface area contributed by atoms with Crippen LogP contribution >= 0.6 is 0 Å². The van der Waals surface area contributed by atoms with Crippen LogP contribution < -0.4 is 10.9 Å². The Morgan fingerprint density at radius 2 is 2.50 bits per heavy atom. The van der Waals surface area contributed by atoms with Gasteiger partial charge in [0.1, 0.15) is 0 Å². The van der Waals surface area contributed by atoms with Gasteiger partial charge < -0.3 is 9.88 Å². The number of aryl methyl sites for hydroxylation is 1. The van der Waals surface area contributed by atoms with E-state index in [1.54, 1.807) is 4.57 Å². The summed E-state index contributed by atoms with van der Waals surface area (Å²) in [6.45, 7) is 3.76. The van der Waals surface area contributed by atoms with Crippen LogP contribution in [0.2, 0.25) is 0 Å². The lowest BCUT2D eigenvalue weighted by atomic mass is 10.2. The molecule has 1 aromatic heterocycles. The maximum Gasteiger partial charge on any atom is 0.253 e. The zero-order valence-corrected chi connectivity index (χ0v) is 8.49. The zero-order chi connectivity index (χ0) is 9.97. The molecule has 1 N–H and O–H groups in total. The molecule has 1 aliphatic heterocycles. The molecule has 0 aromatic carbocycles. The van der Waals surface area contributed by atoms with Crippen molar-refractivity contribution in [2.45, 2.75) is 32.4 Å². The Hall–Kier alpha value is -1.09. The van der Waals surface area contributed by atoms with Gasteiger partial charge in [-0.15, -0.1) is 0 Å². The van der Waals surface area contributed by atoms with Crippen LogP contribution in [0.5, 0.6) is 0 Å². The first-order valence-electron chi connectivity index (χ1n) is 5.17. The van der Waals surface area contributed by atoms with Crippen molar-refractivity contribution in [3.05, 3.63) is 34.2 Å². The summed E-state index contributed by atoms with van der Waals surface area (Å²) in [4.78, 5) is 11.7. The van der Waals surface area contributed by atoms with E-state index in [1.165, 1.54) is 12.8 Å². The number of pyridine rings is 1. The first-order chi connectivity index (χ1) is 6.77. The van der Waals surface area contributed by atoms with Gasteiger partial charge in [-0.1, -0.05) is 6.07 Å². The summed E-state index contributed by atoms with van der Waals surface area (Å²) in [5, 5.41) is 3.39. The predicted octanol–water partition coefficient (Wildman–Crippen LogP) is 0.909. The van der Waals surface area contributed by atoms with E-state index < -0.39 is 0 Å². The van der Waals surface area contributed by atoms with Gasteiger partial charge >= 0.3 is 0 Å². The normalized spacial score (nSPS) is 21.4. The molecule has 0 amide bonds. The molecule has 0 spiro atoms.